The van der Waals surface area contributed by atoms with Gasteiger partial charge in [-0.3, -0.25) is 4.98 Å². The third-order valence-corrected chi connectivity index (χ3v) is 3.62. The summed E-state index contributed by atoms with van der Waals surface area (Å²) >= 11 is 3.49. The fourth-order valence-electron chi connectivity index (χ4n) is 2.02. The maximum Gasteiger partial charge on any atom is 0.147 e. The molecule has 21 heavy (non-hydrogen) atoms. The van der Waals surface area contributed by atoms with Crippen LogP contribution in [0.1, 0.15) is 24.6 Å². The van der Waals surface area contributed by atoms with Crippen LogP contribution in [-0.2, 0) is 13.1 Å². The largest absolute Gasteiger partial charge is 0.354 e. The first kappa shape index (κ1) is 15.9. The minimum Gasteiger partial charge on any atom is -0.354 e. The second-order valence-corrected chi connectivity index (χ2v) is 5.94. The van der Waals surface area contributed by atoms with Crippen molar-refractivity contribution in [2.24, 2.45) is 0 Å². The monoisotopic (exact) mass is 348 g/mol. The molecule has 0 saturated carbocycles. The van der Waals surface area contributed by atoms with Crippen molar-refractivity contribution >= 4 is 21.7 Å². The van der Waals surface area contributed by atoms with Gasteiger partial charge < -0.3 is 10.2 Å². The van der Waals surface area contributed by atoms with E-state index in [1.54, 1.807) is 0 Å². The number of halogens is 1. The van der Waals surface area contributed by atoms with E-state index in [-0.39, 0.29) is 0 Å². The predicted molar refractivity (Wildman–Crippen MR) is 90.3 cm³/mol. The molecule has 0 atom stereocenters. The molecule has 1 aromatic heterocycles. The molecule has 5 heteroatoms. The lowest BCUT2D eigenvalue weighted by molar-refractivity contribution is 0.661. The van der Waals surface area contributed by atoms with Crippen molar-refractivity contribution in [2.45, 2.75) is 26.4 Å². The van der Waals surface area contributed by atoms with E-state index >= 15 is 0 Å². The van der Waals surface area contributed by atoms with Crippen molar-refractivity contribution in [3.8, 4) is 0 Å². The summed E-state index contributed by atoms with van der Waals surface area (Å²) in [6.45, 7) is 4.74. The highest BCUT2D eigenvalue weighted by molar-refractivity contribution is 9.10. The topological polar surface area (TPSA) is 41.1 Å². The maximum atomic E-state index is 4.49. The van der Waals surface area contributed by atoms with Gasteiger partial charge in [-0.25, -0.2) is 4.98 Å². The lowest BCUT2D eigenvalue weighted by atomic mass is 10.2. The quantitative estimate of drug-likeness (QED) is 0.778. The highest BCUT2D eigenvalue weighted by Crippen LogP contribution is 2.15. The van der Waals surface area contributed by atoms with Gasteiger partial charge in [0.25, 0.3) is 0 Å². The van der Waals surface area contributed by atoms with Crippen LogP contribution in [0.2, 0.25) is 0 Å². The van der Waals surface area contributed by atoms with Crippen molar-refractivity contribution in [1.82, 2.24) is 15.3 Å². The molecule has 0 bridgehead atoms. The number of rotatable bonds is 7. The van der Waals surface area contributed by atoms with E-state index in [1.807, 2.05) is 31.6 Å². The first-order valence-corrected chi connectivity index (χ1v) is 7.95. The second-order valence-electron chi connectivity index (χ2n) is 5.03. The molecule has 0 aliphatic heterocycles. The zero-order valence-electron chi connectivity index (χ0n) is 12.5. The van der Waals surface area contributed by atoms with Gasteiger partial charge in [0, 0.05) is 24.6 Å². The van der Waals surface area contributed by atoms with E-state index in [0.29, 0.717) is 0 Å². The molecule has 4 nitrogen and oxygen atoms in total. The predicted octanol–water partition coefficient (Wildman–Crippen LogP) is 3.38. The summed E-state index contributed by atoms with van der Waals surface area (Å²) in [7, 11) is 2.03. The lowest BCUT2D eigenvalue weighted by Crippen LogP contribution is -2.19. The highest BCUT2D eigenvalue weighted by atomic mass is 79.9. The molecular formula is C16H21BrN4. The fraction of sp³-hybridized carbons (Fsp3) is 0.375. The fourth-order valence-corrected chi connectivity index (χ4v) is 2.47. The Morgan fingerprint density at radius 2 is 2.10 bits per heavy atom. The van der Waals surface area contributed by atoms with Crippen LogP contribution in [0.3, 0.4) is 0 Å². The Bertz CT molecular complexity index is 556. The van der Waals surface area contributed by atoms with Crippen LogP contribution in [0.4, 0.5) is 5.82 Å². The summed E-state index contributed by atoms with van der Waals surface area (Å²) in [6, 6.07) is 8.30. The molecule has 1 N–H and O–H groups in total. The van der Waals surface area contributed by atoms with Gasteiger partial charge in [0.1, 0.15) is 5.82 Å². The lowest BCUT2D eigenvalue weighted by Gasteiger charge is -2.18. The Morgan fingerprint density at radius 3 is 2.76 bits per heavy atom. The second kappa shape index (κ2) is 8.10. The van der Waals surface area contributed by atoms with Crippen molar-refractivity contribution in [1.29, 1.82) is 0 Å². The molecule has 0 fully saturated rings. The van der Waals surface area contributed by atoms with E-state index in [0.717, 1.165) is 42.0 Å². The van der Waals surface area contributed by atoms with Crippen LogP contribution in [-0.4, -0.2) is 23.6 Å². The molecule has 1 heterocycles. The Morgan fingerprint density at radius 1 is 1.24 bits per heavy atom. The Labute approximate surface area is 134 Å². The van der Waals surface area contributed by atoms with Gasteiger partial charge in [0.2, 0.25) is 0 Å². The van der Waals surface area contributed by atoms with Gasteiger partial charge in [-0.15, -0.1) is 0 Å². The number of nitrogens with one attached hydrogen (secondary N) is 1. The third-order valence-electron chi connectivity index (χ3n) is 3.12. The van der Waals surface area contributed by atoms with E-state index < -0.39 is 0 Å². The van der Waals surface area contributed by atoms with Gasteiger partial charge >= 0.3 is 0 Å². The Hall–Kier alpha value is -1.46. The van der Waals surface area contributed by atoms with E-state index in [1.165, 1.54) is 5.56 Å². The van der Waals surface area contributed by atoms with E-state index in [2.05, 4.69) is 55.2 Å². The average Bonchev–Trinajstić information content (AvgIpc) is 2.48. The SMILES string of the molecule is CCCNCc1cnc(N(C)Cc2cccc(Br)c2)cn1. The molecule has 0 unspecified atom stereocenters. The third kappa shape index (κ3) is 5.10. The molecular weight excluding hydrogens is 328 g/mol. The first-order valence-electron chi connectivity index (χ1n) is 7.16. The molecule has 0 aliphatic carbocycles. The number of nitrogens with zero attached hydrogens (tertiary/aromatic N) is 3. The summed E-state index contributed by atoms with van der Waals surface area (Å²) in [5.41, 5.74) is 2.21. The van der Waals surface area contributed by atoms with Crippen LogP contribution in [0.25, 0.3) is 0 Å². The number of anilines is 1. The zero-order valence-corrected chi connectivity index (χ0v) is 14.1. The molecule has 1 aromatic carbocycles. The van der Waals surface area contributed by atoms with Crippen LogP contribution >= 0.6 is 15.9 Å². The molecule has 2 aromatic rings. The van der Waals surface area contributed by atoms with Crippen LogP contribution in [0.5, 0.6) is 0 Å². The maximum absolute atomic E-state index is 4.49. The van der Waals surface area contributed by atoms with Crippen molar-refractivity contribution in [3.05, 3.63) is 52.4 Å². The standard InChI is InChI=1S/C16H21BrN4/c1-3-7-18-9-15-10-20-16(11-19-15)21(2)12-13-5-4-6-14(17)8-13/h4-6,8,10-11,18H,3,7,9,12H2,1-2H3. The molecule has 2 rings (SSSR count). The van der Waals surface area contributed by atoms with E-state index in [9.17, 15) is 0 Å². The number of benzene rings is 1. The normalized spacial score (nSPS) is 10.6. The molecule has 0 spiro atoms. The van der Waals surface area contributed by atoms with Crippen LogP contribution in [0.15, 0.2) is 41.1 Å². The highest BCUT2D eigenvalue weighted by Gasteiger charge is 2.05. The van der Waals surface area contributed by atoms with Crippen molar-refractivity contribution < 1.29 is 0 Å². The Balaban J connectivity index is 1.94. The van der Waals surface area contributed by atoms with Gasteiger partial charge in [-0.05, 0) is 30.7 Å². The zero-order chi connectivity index (χ0) is 15.1. The minimum atomic E-state index is 0.774. The summed E-state index contributed by atoms with van der Waals surface area (Å²) in [5, 5.41) is 3.32. The molecule has 112 valence electrons. The van der Waals surface area contributed by atoms with Crippen molar-refractivity contribution in [3.63, 3.8) is 0 Å². The van der Waals surface area contributed by atoms with Gasteiger partial charge in [-0.1, -0.05) is 35.0 Å². The van der Waals surface area contributed by atoms with Gasteiger partial charge in [0.15, 0.2) is 0 Å². The number of hydrogen-bond donors (Lipinski definition) is 1. The summed E-state index contributed by atoms with van der Waals surface area (Å²) < 4.78 is 1.09. The van der Waals surface area contributed by atoms with Crippen LogP contribution < -0.4 is 10.2 Å². The molecule has 0 amide bonds. The average molecular weight is 349 g/mol. The van der Waals surface area contributed by atoms with Gasteiger partial charge in [-0.2, -0.15) is 0 Å². The van der Waals surface area contributed by atoms with Gasteiger partial charge in [0.05, 0.1) is 18.1 Å². The summed E-state index contributed by atoms with van der Waals surface area (Å²) in [5.74, 6) is 0.884. The Kier molecular flexibility index (Phi) is 6.14. The first-order chi connectivity index (χ1) is 10.2. The van der Waals surface area contributed by atoms with Crippen molar-refractivity contribution in [2.75, 3.05) is 18.5 Å². The smallest absolute Gasteiger partial charge is 0.147 e. The van der Waals surface area contributed by atoms with E-state index in [4.69, 9.17) is 0 Å². The number of aromatic nitrogens is 2. The van der Waals surface area contributed by atoms with Crippen LogP contribution in [0, 0.1) is 0 Å². The summed E-state index contributed by atoms with van der Waals surface area (Å²) in [6.07, 6.45) is 4.80. The molecule has 0 radical (unpaired) electrons. The number of hydrogen-bond acceptors (Lipinski definition) is 4. The molecule has 0 aliphatic rings. The minimum absolute atomic E-state index is 0.774. The summed E-state index contributed by atoms with van der Waals surface area (Å²) in [4.78, 5) is 11.0. The molecule has 0 saturated heterocycles.